The second-order valence-corrected chi connectivity index (χ2v) is 7.20. The summed E-state index contributed by atoms with van der Waals surface area (Å²) in [6.07, 6.45) is 1.71. The highest BCUT2D eigenvalue weighted by Gasteiger charge is 2.36. The maximum atomic E-state index is 10.2. The van der Waals surface area contributed by atoms with Crippen LogP contribution in [0.3, 0.4) is 0 Å². The molecule has 0 fully saturated rings. The minimum Gasteiger partial charge on any atom is -1.00 e. The number of ether oxygens (including phenoxy) is 2. The lowest BCUT2D eigenvalue weighted by Crippen LogP contribution is -3.00. The van der Waals surface area contributed by atoms with Crippen LogP contribution in [0.4, 0.5) is 0 Å². The van der Waals surface area contributed by atoms with Crippen LogP contribution in [-0.2, 0) is 12.8 Å². The summed E-state index contributed by atoms with van der Waals surface area (Å²) in [6.45, 7) is 1.01. The van der Waals surface area contributed by atoms with Crippen LogP contribution in [0, 0.1) is 0 Å². The van der Waals surface area contributed by atoms with Crippen molar-refractivity contribution in [2.24, 2.45) is 0 Å². The van der Waals surface area contributed by atoms with Gasteiger partial charge in [0, 0.05) is 18.4 Å². The van der Waals surface area contributed by atoms with Crippen molar-refractivity contribution in [1.29, 1.82) is 0 Å². The number of quaternary nitrogens is 1. The molecule has 1 heterocycles. The largest absolute Gasteiger partial charge is 1.00 e. The van der Waals surface area contributed by atoms with Gasteiger partial charge in [-0.2, -0.15) is 0 Å². The molecule has 1 atom stereocenters. The Bertz CT molecular complexity index is 792. The molecule has 3 rings (SSSR count). The Morgan fingerprint density at radius 3 is 2.27 bits per heavy atom. The van der Waals surface area contributed by atoms with E-state index < -0.39 is 0 Å². The number of rotatable bonds is 4. The molecule has 2 aromatic carbocycles. The van der Waals surface area contributed by atoms with Crippen molar-refractivity contribution in [3.63, 3.8) is 0 Å². The molecular weight excluding hydrogens is 445 g/mol. The van der Waals surface area contributed by atoms with Gasteiger partial charge in [0.05, 0.1) is 34.9 Å². The first kappa shape index (κ1) is 20.6. The molecule has 0 bridgehead atoms. The number of phenolic OH excluding ortho intramolecular Hbond substituents is 2. The summed E-state index contributed by atoms with van der Waals surface area (Å²) in [5.74, 6) is 1.32. The first-order valence-corrected chi connectivity index (χ1v) is 8.44. The molecule has 6 heteroatoms. The van der Waals surface area contributed by atoms with E-state index in [4.69, 9.17) is 9.47 Å². The number of phenols is 2. The van der Waals surface area contributed by atoms with Gasteiger partial charge in [-0.05, 0) is 35.4 Å². The van der Waals surface area contributed by atoms with Crippen LogP contribution in [0.5, 0.6) is 23.0 Å². The first-order chi connectivity index (χ1) is 11.9. The predicted molar refractivity (Wildman–Crippen MR) is 96.4 cm³/mol. The van der Waals surface area contributed by atoms with E-state index in [0.29, 0.717) is 11.5 Å². The third-order valence-electron chi connectivity index (χ3n) is 5.27. The van der Waals surface area contributed by atoms with Gasteiger partial charge in [0.25, 0.3) is 0 Å². The lowest BCUT2D eigenvalue weighted by Gasteiger charge is -2.43. The molecule has 26 heavy (non-hydrogen) atoms. The fourth-order valence-corrected chi connectivity index (χ4v) is 3.70. The van der Waals surface area contributed by atoms with Gasteiger partial charge in [-0.15, -0.1) is 0 Å². The minimum absolute atomic E-state index is 0. The summed E-state index contributed by atoms with van der Waals surface area (Å²) < 4.78 is 11.2. The molecule has 0 saturated heterocycles. The van der Waals surface area contributed by atoms with Gasteiger partial charge in [0.1, 0.15) is 6.04 Å². The van der Waals surface area contributed by atoms with Gasteiger partial charge in [0.2, 0.25) is 0 Å². The summed E-state index contributed by atoms with van der Waals surface area (Å²) in [4.78, 5) is 0. The number of fused-ring (bicyclic) bond motifs is 1. The average Bonchev–Trinajstić information content (AvgIpc) is 2.57. The van der Waals surface area contributed by atoms with E-state index in [-0.39, 0.29) is 41.5 Å². The van der Waals surface area contributed by atoms with Crippen molar-refractivity contribution in [2.75, 3.05) is 34.9 Å². The fourth-order valence-electron chi connectivity index (χ4n) is 3.70. The van der Waals surface area contributed by atoms with Gasteiger partial charge >= 0.3 is 0 Å². The Morgan fingerprint density at radius 1 is 1.00 bits per heavy atom. The van der Waals surface area contributed by atoms with Crippen LogP contribution in [0.1, 0.15) is 22.7 Å². The topological polar surface area (TPSA) is 58.9 Å². The first-order valence-electron chi connectivity index (χ1n) is 8.44. The van der Waals surface area contributed by atoms with Gasteiger partial charge in [-0.3, -0.25) is 0 Å². The Labute approximate surface area is 171 Å². The Morgan fingerprint density at radius 2 is 1.65 bits per heavy atom. The molecule has 0 saturated carbocycles. The second kappa shape index (κ2) is 7.92. The van der Waals surface area contributed by atoms with E-state index in [2.05, 4.69) is 14.1 Å². The maximum absolute atomic E-state index is 10.2. The van der Waals surface area contributed by atoms with Gasteiger partial charge in [-0.1, -0.05) is 6.07 Å². The van der Waals surface area contributed by atoms with E-state index in [1.54, 1.807) is 26.4 Å². The summed E-state index contributed by atoms with van der Waals surface area (Å²) in [6, 6.07) is 9.50. The average molecular weight is 471 g/mol. The molecular formula is C20H26INO4. The third kappa shape index (κ3) is 3.86. The molecule has 0 aliphatic carbocycles. The zero-order valence-corrected chi connectivity index (χ0v) is 17.8. The zero-order chi connectivity index (χ0) is 18.2. The van der Waals surface area contributed by atoms with Gasteiger partial charge in [0.15, 0.2) is 23.0 Å². The van der Waals surface area contributed by atoms with E-state index in [9.17, 15) is 10.2 Å². The smallest absolute Gasteiger partial charge is 0.160 e. The third-order valence-corrected chi connectivity index (χ3v) is 5.27. The SMILES string of the molecule is COc1ccc(CC2c3cc(O)c(OC)cc3CC[N+]2(C)C)cc1O.[I-]. The Balaban J connectivity index is 0.00000243. The van der Waals surface area contributed by atoms with Crippen LogP contribution >= 0.6 is 0 Å². The maximum Gasteiger partial charge on any atom is 0.160 e. The number of aromatic hydroxyl groups is 2. The highest BCUT2D eigenvalue weighted by Crippen LogP contribution is 2.41. The Hall–Kier alpha value is -1.67. The van der Waals surface area contributed by atoms with Crippen molar-refractivity contribution < 1.29 is 48.1 Å². The molecule has 0 spiro atoms. The quantitative estimate of drug-likeness (QED) is 0.489. The van der Waals surface area contributed by atoms with Crippen LogP contribution in [0.15, 0.2) is 30.3 Å². The molecule has 5 nitrogen and oxygen atoms in total. The number of likely N-dealkylation sites (N-methyl/N-ethyl adjacent to an activating group) is 1. The van der Waals surface area contributed by atoms with E-state index in [0.717, 1.165) is 35.0 Å². The number of hydrogen-bond donors (Lipinski definition) is 2. The number of benzene rings is 2. The molecule has 0 radical (unpaired) electrons. The van der Waals surface area contributed by atoms with Crippen LogP contribution in [-0.4, -0.2) is 49.6 Å². The summed E-state index contributed by atoms with van der Waals surface area (Å²) in [7, 11) is 7.53. The lowest BCUT2D eigenvalue weighted by atomic mass is 9.87. The zero-order valence-electron chi connectivity index (χ0n) is 15.6. The standard InChI is InChI=1S/C20H25NO4.HI/c1-21(2)8-7-14-11-20(25-4)18(23)12-15(14)16(21)9-13-5-6-19(24-3)17(22)10-13;/h5-6,10-12,16H,7-9H2,1-4H3,(H-,22,23);1H. The Kier molecular flexibility index (Phi) is 6.29. The number of halogens is 1. The van der Waals surface area contributed by atoms with Crippen LogP contribution < -0.4 is 33.5 Å². The molecule has 1 aliphatic heterocycles. The van der Waals surface area contributed by atoms with Crippen molar-refractivity contribution in [1.82, 2.24) is 0 Å². The minimum atomic E-state index is 0. The summed E-state index contributed by atoms with van der Waals surface area (Å²) in [5, 5.41) is 20.3. The van der Waals surface area contributed by atoms with Crippen LogP contribution in [0.25, 0.3) is 0 Å². The van der Waals surface area contributed by atoms with Gasteiger partial charge < -0.3 is 48.1 Å². The lowest BCUT2D eigenvalue weighted by molar-refractivity contribution is -0.923. The molecule has 1 aliphatic rings. The van der Waals surface area contributed by atoms with Crippen molar-refractivity contribution in [2.45, 2.75) is 18.9 Å². The van der Waals surface area contributed by atoms with E-state index >= 15 is 0 Å². The molecule has 2 aromatic rings. The summed E-state index contributed by atoms with van der Waals surface area (Å²) >= 11 is 0. The van der Waals surface area contributed by atoms with E-state index in [1.807, 2.05) is 18.2 Å². The molecule has 2 N–H and O–H groups in total. The number of nitrogens with zero attached hydrogens (tertiary/aromatic N) is 1. The summed E-state index contributed by atoms with van der Waals surface area (Å²) in [5.41, 5.74) is 3.40. The monoisotopic (exact) mass is 471 g/mol. The van der Waals surface area contributed by atoms with Crippen LogP contribution in [0.2, 0.25) is 0 Å². The van der Waals surface area contributed by atoms with Gasteiger partial charge in [-0.25, -0.2) is 0 Å². The molecule has 0 amide bonds. The predicted octanol–water partition coefficient (Wildman–Crippen LogP) is 0.0353. The van der Waals surface area contributed by atoms with E-state index in [1.165, 1.54) is 5.56 Å². The molecule has 0 aromatic heterocycles. The van der Waals surface area contributed by atoms with Crippen molar-refractivity contribution >= 4 is 0 Å². The highest BCUT2D eigenvalue weighted by atomic mass is 127. The highest BCUT2D eigenvalue weighted by molar-refractivity contribution is 5.49. The normalized spacial score (nSPS) is 17.8. The number of hydrogen-bond acceptors (Lipinski definition) is 4. The molecule has 142 valence electrons. The van der Waals surface area contributed by atoms with Crippen molar-refractivity contribution in [3.05, 3.63) is 47.0 Å². The fraction of sp³-hybridized carbons (Fsp3) is 0.400. The van der Waals surface area contributed by atoms with Crippen molar-refractivity contribution in [3.8, 4) is 23.0 Å². The number of methoxy groups -OCH3 is 2. The second-order valence-electron chi connectivity index (χ2n) is 7.20. The molecule has 1 unspecified atom stereocenters.